The van der Waals surface area contributed by atoms with Crippen molar-refractivity contribution in [1.82, 2.24) is 9.55 Å². The first-order chi connectivity index (χ1) is 10.6. The zero-order valence-corrected chi connectivity index (χ0v) is 13.0. The van der Waals surface area contributed by atoms with E-state index < -0.39 is 0 Å². The number of fused-ring (bicyclic) bond motifs is 7. The van der Waals surface area contributed by atoms with Gasteiger partial charge in [0, 0.05) is 37.6 Å². The third kappa shape index (κ3) is 1.30. The van der Waals surface area contributed by atoms with Crippen molar-refractivity contribution in [2.45, 2.75) is 19.8 Å². The Morgan fingerprint density at radius 1 is 1.14 bits per heavy atom. The highest BCUT2D eigenvalue weighted by Gasteiger charge is 2.40. The third-order valence-corrected chi connectivity index (χ3v) is 5.01. The number of nitrogens with zero attached hydrogens (tertiary/aromatic N) is 4. The molecule has 0 aromatic carbocycles. The van der Waals surface area contributed by atoms with E-state index in [0.29, 0.717) is 0 Å². The summed E-state index contributed by atoms with van der Waals surface area (Å²) in [6, 6.07) is 8.58. The molecule has 0 bridgehead atoms. The number of hydrogen-bond acceptors (Lipinski definition) is 1. The monoisotopic (exact) mass is 289 g/mol. The Morgan fingerprint density at radius 2 is 2.00 bits per heavy atom. The molecule has 1 aliphatic carbocycles. The van der Waals surface area contributed by atoms with Crippen molar-refractivity contribution >= 4 is 0 Å². The normalized spacial score (nSPS) is 13.8. The zero-order chi connectivity index (χ0) is 15.0. The van der Waals surface area contributed by atoms with E-state index >= 15 is 0 Å². The fourth-order valence-corrected chi connectivity index (χ4v) is 3.87. The van der Waals surface area contributed by atoms with Crippen LogP contribution in [0.2, 0.25) is 0 Å². The van der Waals surface area contributed by atoms with E-state index in [1.54, 1.807) is 0 Å². The summed E-state index contributed by atoms with van der Waals surface area (Å²) >= 11 is 0. The lowest BCUT2D eigenvalue weighted by molar-refractivity contribution is -0.671. The van der Waals surface area contributed by atoms with Crippen LogP contribution in [-0.2, 0) is 26.9 Å². The molecular weight excluding hydrogens is 272 g/mol. The lowest BCUT2D eigenvalue weighted by atomic mass is 10.2. The maximum absolute atomic E-state index is 4.94. The average Bonchev–Trinajstić information content (AvgIpc) is 3.10. The molecule has 1 aliphatic heterocycles. The van der Waals surface area contributed by atoms with Gasteiger partial charge in [-0.2, -0.15) is 10.6 Å². The van der Waals surface area contributed by atoms with Crippen molar-refractivity contribution in [3.8, 4) is 17.2 Å². The van der Waals surface area contributed by atoms with Crippen molar-refractivity contribution in [2.24, 2.45) is 14.1 Å². The molecule has 3 aromatic rings. The van der Waals surface area contributed by atoms with Crippen LogP contribution in [-0.4, -0.2) is 9.55 Å². The Balaban J connectivity index is 1.88. The Bertz CT molecular complexity index is 966. The van der Waals surface area contributed by atoms with Crippen LogP contribution in [0.15, 0.2) is 24.3 Å². The van der Waals surface area contributed by atoms with Crippen molar-refractivity contribution in [1.29, 1.82) is 0 Å². The van der Waals surface area contributed by atoms with Crippen molar-refractivity contribution in [3.63, 3.8) is 0 Å². The van der Waals surface area contributed by atoms with E-state index in [9.17, 15) is 0 Å². The molecule has 0 radical (unpaired) electrons. The largest absolute Gasteiger partial charge is 0.343 e. The van der Waals surface area contributed by atoms with Gasteiger partial charge in [-0.1, -0.05) is 5.56 Å². The van der Waals surface area contributed by atoms with Crippen LogP contribution in [0.25, 0.3) is 17.2 Å². The first-order valence-corrected chi connectivity index (χ1v) is 7.64. The topological polar surface area (TPSA) is 25.6 Å². The second-order valence-corrected chi connectivity index (χ2v) is 6.29. The quantitative estimate of drug-likeness (QED) is 0.310. The van der Waals surface area contributed by atoms with Gasteiger partial charge in [0.05, 0.1) is 7.05 Å². The predicted molar refractivity (Wildman–Crippen MR) is 80.5 cm³/mol. The summed E-state index contributed by atoms with van der Waals surface area (Å²) in [6.07, 6.45) is 5.12. The number of pyridine rings is 2. The van der Waals surface area contributed by atoms with Crippen molar-refractivity contribution in [2.75, 3.05) is 0 Å². The summed E-state index contributed by atoms with van der Waals surface area (Å²) < 4.78 is 6.72. The number of aryl methyl sites for hydroxylation is 2. The summed E-state index contributed by atoms with van der Waals surface area (Å²) in [5.74, 6) is 2.36. The van der Waals surface area contributed by atoms with Crippen LogP contribution in [0, 0.1) is 13.1 Å². The average molecular weight is 289 g/mol. The maximum atomic E-state index is 4.94. The van der Waals surface area contributed by atoms with Gasteiger partial charge in [-0.3, -0.25) is 0 Å². The van der Waals surface area contributed by atoms with Gasteiger partial charge in [0.15, 0.2) is 17.3 Å². The van der Waals surface area contributed by atoms with Gasteiger partial charge < -0.3 is 4.57 Å². The van der Waals surface area contributed by atoms with Crippen LogP contribution >= 0.6 is 0 Å². The Kier molecular flexibility index (Phi) is 2.10. The fourth-order valence-electron chi connectivity index (χ4n) is 3.87. The van der Waals surface area contributed by atoms with E-state index in [1.165, 1.54) is 39.7 Å². The number of rotatable bonds is 0. The SMILES string of the molecule is Cc1ccc2c([n+]1C)-c1c(nc3n1-c1c(cc[c-][n+]1C)C3)C2. The van der Waals surface area contributed by atoms with Crippen molar-refractivity contribution in [3.05, 3.63) is 58.8 Å². The maximum Gasteiger partial charge on any atom is 0.257 e. The smallest absolute Gasteiger partial charge is 0.257 e. The van der Waals surface area contributed by atoms with Crippen LogP contribution in [0.4, 0.5) is 0 Å². The first-order valence-electron chi connectivity index (χ1n) is 7.64. The first kappa shape index (κ1) is 12.1. The molecule has 0 saturated heterocycles. The molecule has 4 heteroatoms. The minimum Gasteiger partial charge on any atom is -0.343 e. The van der Waals surface area contributed by atoms with E-state index in [1.807, 2.05) is 6.07 Å². The van der Waals surface area contributed by atoms with E-state index in [-0.39, 0.29) is 0 Å². The molecule has 0 atom stereocenters. The molecule has 22 heavy (non-hydrogen) atoms. The summed E-state index contributed by atoms with van der Waals surface area (Å²) in [7, 11) is 4.21. The molecular formula is C18H17N4+. The molecule has 5 rings (SSSR count). The minimum absolute atomic E-state index is 0.912. The molecule has 108 valence electrons. The number of aromatic nitrogens is 4. The second-order valence-electron chi connectivity index (χ2n) is 6.29. The minimum atomic E-state index is 0.912. The molecule has 0 amide bonds. The van der Waals surface area contributed by atoms with Crippen molar-refractivity contribution < 1.29 is 9.13 Å². The van der Waals surface area contributed by atoms with Gasteiger partial charge in [-0.05, 0) is 6.07 Å². The summed E-state index contributed by atoms with van der Waals surface area (Å²) in [4.78, 5) is 4.94. The lowest BCUT2D eigenvalue weighted by Gasteiger charge is -2.09. The second kappa shape index (κ2) is 3.83. The van der Waals surface area contributed by atoms with E-state index in [0.717, 1.165) is 18.7 Å². The highest BCUT2D eigenvalue weighted by Crippen LogP contribution is 2.39. The molecule has 2 aliphatic rings. The standard InChI is InChI=1S/C18H17N4/c1-11-6-7-12-9-14-17(16(12)21(11)3)22-15(19-14)10-13-5-4-8-20(2)18(13)22/h4-7H,9-10H2,1-3H3/q+1. The molecule has 0 saturated carbocycles. The Morgan fingerprint density at radius 3 is 2.86 bits per heavy atom. The molecule has 0 fully saturated rings. The van der Waals surface area contributed by atoms with Crippen LogP contribution in [0.1, 0.15) is 28.3 Å². The summed E-state index contributed by atoms with van der Waals surface area (Å²) in [5.41, 5.74) is 7.76. The highest BCUT2D eigenvalue weighted by molar-refractivity contribution is 5.70. The Hall–Kier alpha value is -2.49. The zero-order valence-electron chi connectivity index (χ0n) is 13.0. The van der Waals surface area contributed by atoms with Gasteiger partial charge in [-0.25, -0.2) is 9.55 Å². The highest BCUT2D eigenvalue weighted by atomic mass is 15.2. The van der Waals surface area contributed by atoms with Gasteiger partial charge in [0.2, 0.25) is 5.69 Å². The fraction of sp³-hybridized carbons (Fsp3) is 0.278. The summed E-state index contributed by atoms with van der Waals surface area (Å²) in [6.45, 7) is 2.15. The van der Waals surface area contributed by atoms with E-state index in [2.05, 4.69) is 59.1 Å². The molecule has 4 nitrogen and oxygen atoms in total. The Labute approximate surface area is 129 Å². The predicted octanol–water partition coefficient (Wildman–Crippen LogP) is 1.11. The molecule has 3 aromatic heterocycles. The number of hydrogen-bond donors (Lipinski definition) is 0. The molecule has 0 spiro atoms. The van der Waals surface area contributed by atoms with Crippen LogP contribution in [0.5, 0.6) is 0 Å². The molecule has 0 N–H and O–H groups in total. The van der Waals surface area contributed by atoms with E-state index in [4.69, 9.17) is 4.98 Å². The van der Waals surface area contributed by atoms with Crippen LogP contribution < -0.4 is 9.13 Å². The molecule has 4 heterocycles. The van der Waals surface area contributed by atoms with Gasteiger partial charge >= 0.3 is 0 Å². The van der Waals surface area contributed by atoms with Gasteiger partial charge in [0.1, 0.15) is 12.7 Å². The lowest BCUT2D eigenvalue weighted by Crippen LogP contribution is -2.37. The molecule has 0 unspecified atom stereocenters. The third-order valence-electron chi connectivity index (χ3n) is 5.01. The summed E-state index contributed by atoms with van der Waals surface area (Å²) in [5, 5.41) is 0. The number of imidazole rings is 1. The van der Waals surface area contributed by atoms with Gasteiger partial charge in [-0.15, -0.1) is 6.07 Å². The van der Waals surface area contributed by atoms with Gasteiger partial charge in [0.25, 0.3) is 5.69 Å². The van der Waals surface area contributed by atoms with Crippen LogP contribution in [0.3, 0.4) is 0 Å².